The van der Waals surface area contributed by atoms with Crippen molar-refractivity contribution in [3.63, 3.8) is 0 Å². The Morgan fingerprint density at radius 1 is 1.14 bits per heavy atom. The number of aryl methyl sites for hydroxylation is 2. The largest absolute Gasteiger partial charge is 0.382 e. The molecular weight excluding hydrogens is 354 g/mol. The van der Waals surface area contributed by atoms with Gasteiger partial charge < -0.3 is 20.1 Å². The fourth-order valence-electron chi connectivity index (χ4n) is 2.86. The average Bonchev–Trinajstić information content (AvgIpc) is 3.03. The van der Waals surface area contributed by atoms with Gasteiger partial charge in [-0.3, -0.25) is 0 Å². The third kappa shape index (κ3) is 6.98. The molecule has 0 aliphatic heterocycles. The van der Waals surface area contributed by atoms with Crippen LogP contribution in [0.4, 0.5) is 0 Å². The van der Waals surface area contributed by atoms with Crippen LogP contribution in [-0.2, 0) is 16.0 Å². The fraction of sp³-hybridized carbons (Fsp3) is 0.524. The maximum atomic E-state index is 5.49. The van der Waals surface area contributed by atoms with Crippen molar-refractivity contribution < 1.29 is 9.47 Å². The van der Waals surface area contributed by atoms with Gasteiger partial charge in [-0.15, -0.1) is 0 Å². The summed E-state index contributed by atoms with van der Waals surface area (Å²) in [4.78, 5) is 4.75. The van der Waals surface area contributed by atoms with Crippen LogP contribution >= 0.6 is 0 Å². The maximum absolute atomic E-state index is 5.49. The van der Waals surface area contributed by atoms with E-state index >= 15 is 0 Å². The second kappa shape index (κ2) is 12.2. The van der Waals surface area contributed by atoms with Gasteiger partial charge in [-0.1, -0.05) is 18.2 Å². The molecular formula is C21H33N5O2. The highest BCUT2D eigenvalue weighted by Crippen LogP contribution is 2.17. The molecule has 0 saturated heterocycles. The van der Waals surface area contributed by atoms with E-state index in [1.807, 2.05) is 23.7 Å². The highest BCUT2D eigenvalue weighted by atomic mass is 16.5. The number of aromatic nitrogens is 2. The van der Waals surface area contributed by atoms with E-state index in [9.17, 15) is 0 Å². The average molecular weight is 388 g/mol. The van der Waals surface area contributed by atoms with Gasteiger partial charge in [-0.05, 0) is 44.9 Å². The third-order valence-corrected chi connectivity index (χ3v) is 4.17. The number of ether oxygens (including phenoxy) is 2. The van der Waals surface area contributed by atoms with E-state index in [1.54, 1.807) is 7.11 Å². The summed E-state index contributed by atoms with van der Waals surface area (Å²) >= 11 is 0. The molecule has 0 atom stereocenters. The van der Waals surface area contributed by atoms with Crippen molar-refractivity contribution in [2.45, 2.75) is 33.7 Å². The molecule has 2 N–H and O–H groups in total. The quantitative estimate of drug-likeness (QED) is 0.352. The Labute approximate surface area is 168 Å². The minimum absolute atomic E-state index is 0.578. The number of hydrogen-bond donors (Lipinski definition) is 2. The predicted octanol–water partition coefficient (Wildman–Crippen LogP) is 2.60. The lowest BCUT2D eigenvalue weighted by Gasteiger charge is -2.13. The van der Waals surface area contributed by atoms with E-state index in [-0.39, 0.29) is 0 Å². The number of guanidine groups is 1. The molecule has 0 spiro atoms. The third-order valence-electron chi connectivity index (χ3n) is 4.17. The Hall–Kier alpha value is -2.38. The van der Waals surface area contributed by atoms with Gasteiger partial charge in [0.15, 0.2) is 5.96 Å². The van der Waals surface area contributed by atoms with Crippen molar-refractivity contribution in [2.24, 2.45) is 4.99 Å². The molecule has 28 heavy (non-hydrogen) atoms. The highest BCUT2D eigenvalue weighted by molar-refractivity contribution is 5.79. The Morgan fingerprint density at radius 2 is 1.96 bits per heavy atom. The van der Waals surface area contributed by atoms with Gasteiger partial charge in [-0.2, -0.15) is 5.10 Å². The Bertz CT molecular complexity index is 742. The monoisotopic (exact) mass is 387 g/mol. The van der Waals surface area contributed by atoms with Gasteiger partial charge in [0.25, 0.3) is 0 Å². The molecule has 2 rings (SSSR count). The predicted molar refractivity (Wildman–Crippen MR) is 113 cm³/mol. The van der Waals surface area contributed by atoms with Gasteiger partial charge in [-0.25, -0.2) is 9.67 Å². The van der Waals surface area contributed by atoms with Crippen molar-refractivity contribution >= 4 is 5.96 Å². The molecule has 0 amide bonds. The van der Waals surface area contributed by atoms with E-state index < -0.39 is 0 Å². The number of methoxy groups -OCH3 is 1. The van der Waals surface area contributed by atoms with Crippen molar-refractivity contribution in [2.75, 3.05) is 40.0 Å². The maximum Gasteiger partial charge on any atom is 0.191 e. The van der Waals surface area contributed by atoms with Crippen molar-refractivity contribution in [3.8, 4) is 5.69 Å². The van der Waals surface area contributed by atoms with Gasteiger partial charge >= 0.3 is 0 Å². The van der Waals surface area contributed by atoms with E-state index in [2.05, 4.69) is 47.8 Å². The van der Waals surface area contributed by atoms with Gasteiger partial charge in [0, 0.05) is 32.5 Å². The summed E-state index contributed by atoms with van der Waals surface area (Å²) in [6.45, 7) is 10.3. The number of hydrogen-bond acceptors (Lipinski definition) is 4. The zero-order valence-electron chi connectivity index (χ0n) is 17.5. The first-order valence-corrected chi connectivity index (χ1v) is 9.86. The number of nitrogens with zero attached hydrogens (tertiary/aromatic N) is 3. The molecule has 0 aliphatic carbocycles. The van der Waals surface area contributed by atoms with Crippen LogP contribution in [0.15, 0.2) is 35.3 Å². The lowest BCUT2D eigenvalue weighted by Crippen LogP contribution is -2.38. The second-order valence-corrected chi connectivity index (χ2v) is 6.55. The van der Waals surface area contributed by atoms with E-state index in [0.717, 1.165) is 48.1 Å². The first-order valence-electron chi connectivity index (χ1n) is 9.86. The summed E-state index contributed by atoms with van der Waals surface area (Å²) in [5.41, 5.74) is 4.33. The molecule has 7 heteroatoms. The molecule has 1 aromatic heterocycles. The van der Waals surface area contributed by atoms with E-state index in [0.29, 0.717) is 26.4 Å². The zero-order chi connectivity index (χ0) is 20.2. The van der Waals surface area contributed by atoms with Crippen LogP contribution in [0.5, 0.6) is 0 Å². The Kier molecular flexibility index (Phi) is 9.51. The van der Waals surface area contributed by atoms with Crippen LogP contribution in [0, 0.1) is 13.8 Å². The summed E-state index contributed by atoms with van der Waals surface area (Å²) in [5.74, 6) is 0.808. The van der Waals surface area contributed by atoms with Gasteiger partial charge in [0.05, 0.1) is 31.1 Å². The first kappa shape index (κ1) is 21.9. The standard InChI is InChI=1S/C21H33N5O2/c1-5-22-21(23-11-8-12-28-14-13-27-4)24-16-19-9-6-7-10-20(19)26-18(3)15-17(2)25-26/h6-7,9-10,15H,5,8,11-14,16H2,1-4H3,(H2,22,23,24). The van der Waals surface area contributed by atoms with E-state index in [1.165, 1.54) is 0 Å². The summed E-state index contributed by atoms with van der Waals surface area (Å²) in [6.07, 6.45) is 0.913. The van der Waals surface area contributed by atoms with Crippen LogP contribution in [0.3, 0.4) is 0 Å². The summed E-state index contributed by atoms with van der Waals surface area (Å²) in [7, 11) is 1.68. The van der Waals surface area contributed by atoms with Crippen LogP contribution < -0.4 is 10.6 Å². The molecule has 0 bridgehead atoms. The van der Waals surface area contributed by atoms with Crippen LogP contribution in [0.1, 0.15) is 30.3 Å². The zero-order valence-corrected chi connectivity index (χ0v) is 17.5. The highest BCUT2D eigenvalue weighted by Gasteiger charge is 2.08. The Morgan fingerprint density at radius 3 is 2.68 bits per heavy atom. The molecule has 0 fully saturated rings. The minimum atomic E-state index is 0.578. The molecule has 1 aromatic carbocycles. The lowest BCUT2D eigenvalue weighted by atomic mass is 10.2. The normalized spacial score (nSPS) is 11.6. The van der Waals surface area contributed by atoms with Gasteiger partial charge in [0.2, 0.25) is 0 Å². The number of nitrogens with one attached hydrogen (secondary N) is 2. The van der Waals surface area contributed by atoms with Crippen molar-refractivity contribution in [3.05, 3.63) is 47.3 Å². The second-order valence-electron chi connectivity index (χ2n) is 6.55. The first-order chi connectivity index (χ1) is 13.7. The van der Waals surface area contributed by atoms with Crippen molar-refractivity contribution in [1.82, 2.24) is 20.4 Å². The summed E-state index contributed by atoms with van der Waals surface area (Å²) in [5, 5.41) is 11.3. The lowest BCUT2D eigenvalue weighted by molar-refractivity contribution is 0.0698. The minimum Gasteiger partial charge on any atom is -0.382 e. The molecule has 0 saturated carbocycles. The Balaban J connectivity index is 1.96. The molecule has 154 valence electrons. The molecule has 7 nitrogen and oxygen atoms in total. The molecule has 2 aromatic rings. The number of para-hydroxylation sites is 1. The van der Waals surface area contributed by atoms with Crippen molar-refractivity contribution in [1.29, 1.82) is 0 Å². The number of benzene rings is 1. The number of rotatable bonds is 11. The molecule has 0 aliphatic rings. The number of aliphatic imine (C=N–C) groups is 1. The van der Waals surface area contributed by atoms with Gasteiger partial charge in [0.1, 0.15) is 0 Å². The SMILES string of the molecule is CCNC(=NCc1ccccc1-n1nc(C)cc1C)NCCCOCCOC. The topological polar surface area (TPSA) is 72.7 Å². The van der Waals surface area contributed by atoms with Crippen LogP contribution in [-0.4, -0.2) is 55.8 Å². The van der Waals surface area contributed by atoms with Crippen LogP contribution in [0.25, 0.3) is 5.69 Å². The smallest absolute Gasteiger partial charge is 0.191 e. The fourth-order valence-corrected chi connectivity index (χ4v) is 2.86. The summed E-state index contributed by atoms with van der Waals surface area (Å²) in [6, 6.07) is 10.3. The van der Waals surface area contributed by atoms with E-state index in [4.69, 9.17) is 14.5 Å². The van der Waals surface area contributed by atoms with Crippen LogP contribution in [0.2, 0.25) is 0 Å². The molecule has 0 radical (unpaired) electrons. The molecule has 0 unspecified atom stereocenters. The molecule has 1 heterocycles. The summed E-state index contributed by atoms with van der Waals surface area (Å²) < 4.78 is 12.4.